The van der Waals surface area contributed by atoms with Crippen LogP contribution >= 0.6 is 11.8 Å². The number of ether oxygens (including phenoxy) is 1. The van der Waals surface area contributed by atoms with Crippen LogP contribution in [0.15, 0.2) is 12.5 Å². The molecule has 10 heteroatoms. The molecule has 0 aromatic carbocycles. The van der Waals surface area contributed by atoms with Crippen LogP contribution in [0.4, 0.5) is 0 Å². The van der Waals surface area contributed by atoms with E-state index in [1.807, 2.05) is 6.26 Å². The number of carbonyl (C=O) groups excluding carboxylic acids is 3. The number of likely N-dealkylation sites (tertiary alicyclic amines) is 1. The summed E-state index contributed by atoms with van der Waals surface area (Å²) in [5.41, 5.74) is 0.767. The van der Waals surface area contributed by atoms with Gasteiger partial charge in [-0.05, 0) is 43.7 Å². The van der Waals surface area contributed by atoms with Crippen LogP contribution in [0.25, 0.3) is 0 Å². The standard InChI is InChI=1S/C22H37N5O4S/c1-5-15(2)18(25-20(28)11-16-12-23-14-24-16)13-27-9-6-7-19(27)21(29)26-17(8-10-32-4)22(30)31-3/h12,14-15,17-19H,5-11,13H2,1-4H3,(H,23,24)(H,25,28)(H,26,29)/t15?,17-,18+,19-/m0/s1. The zero-order valence-electron chi connectivity index (χ0n) is 19.6. The Balaban J connectivity index is 2.00. The summed E-state index contributed by atoms with van der Waals surface area (Å²) < 4.78 is 4.87. The van der Waals surface area contributed by atoms with Crippen molar-refractivity contribution in [3.05, 3.63) is 18.2 Å². The first kappa shape index (κ1) is 26.2. The lowest BCUT2D eigenvalue weighted by atomic mass is 9.98. The second kappa shape index (κ2) is 13.5. The van der Waals surface area contributed by atoms with Gasteiger partial charge < -0.3 is 20.4 Å². The van der Waals surface area contributed by atoms with Gasteiger partial charge in [-0.3, -0.25) is 14.5 Å². The molecule has 1 aliphatic heterocycles. The minimum atomic E-state index is -0.637. The van der Waals surface area contributed by atoms with E-state index in [0.29, 0.717) is 13.0 Å². The van der Waals surface area contributed by atoms with Crippen molar-refractivity contribution in [2.75, 3.05) is 32.2 Å². The number of H-pyrrole nitrogens is 1. The van der Waals surface area contributed by atoms with Crippen molar-refractivity contribution in [3.63, 3.8) is 0 Å². The van der Waals surface area contributed by atoms with Crippen molar-refractivity contribution in [3.8, 4) is 0 Å². The molecule has 9 nitrogen and oxygen atoms in total. The average molecular weight is 468 g/mol. The zero-order valence-corrected chi connectivity index (χ0v) is 20.4. The number of thioether (sulfide) groups is 1. The lowest BCUT2D eigenvalue weighted by Crippen LogP contribution is -2.54. The maximum atomic E-state index is 13.0. The van der Waals surface area contributed by atoms with Crippen molar-refractivity contribution < 1.29 is 19.1 Å². The first-order chi connectivity index (χ1) is 15.4. The van der Waals surface area contributed by atoms with E-state index in [2.05, 4.69) is 39.3 Å². The molecule has 180 valence electrons. The van der Waals surface area contributed by atoms with E-state index in [1.165, 1.54) is 7.11 Å². The van der Waals surface area contributed by atoms with Crippen LogP contribution in [0.3, 0.4) is 0 Å². The second-order valence-electron chi connectivity index (χ2n) is 8.33. The maximum absolute atomic E-state index is 13.0. The van der Waals surface area contributed by atoms with Crippen molar-refractivity contribution in [1.29, 1.82) is 0 Å². The number of methoxy groups -OCH3 is 1. The van der Waals surface area contributed by atoms with Crippen LogP contribution in [-0.2, 0) is 25.5 Å². The van der Waals surface area contributed by atoms with E-state index in [1.54, 1.807) is 24.3 Å². The Kier molecular flexibility index (Phi) is 11.0. The molecule has 1 aliphatic rings. The zero-order chi connectivity index (χ0) is 23.5. The highest BCUT2D eigenvalue weighted by Gasteiger charge is 2.35. The molecule has 0 aliphatic carbocycles. The predicted molar refractivity (Wildman–Crippen MR) is 125 cm³/mol. The number of nitrogens with zero attached hydrogens (tertiary/aromatic N) is 2. The highest BCUT2D eigenvalue weighted by molar-refractivity contribution is 7.98. The fraction of sp³-hybridized carbons (Fsp3) is 0.727. The van der Waals surface area contributed by atoms with E-state index in [9.17, 15) is 14.4 Å². The topological polar surface area (TPSA) is 116 Å². The first-order valence-corrected chi connectivity index (χ1v) is 12.7. The number of aromatic nitrogens is 2. The minimum absolute atomic E-state index is 0.0671. The molecule has 4 atom stereocenters. The predicted octanol–water partition coefficient (Wildman–Crippen LogP) is 1.36. The number of amides is 2. The molecule has 0 radical (unpaired) electrons. The number of hydrogen-bond acceptors (Lipinski definition) is 7. The van der Waals surface area contributed by atoms with E-state index >= 15 is 0 Å². The van der Waals surface area contributed by atoms with E-state index in [4.69, 9.17) is 4.74 Å². The number of imidazole rings is 1. The maximum Gasteiger partial charge on any atom is 0.328 e. The number of rotatable bonds is 13. The fourth-order valence-corrected chi connectivity index (χ4v) is 4.42. The molecule has 2 rings (SSSR count). The monoisotopic (exact) mass is 467 g/mol. The SMILES string of the molecule is CCC(C)[C@@H](CN1CCC[C@H]1C(=O)N[C@@H](CCSC)C(=O)OC)NC(=O)Cc1cnc[nH]1. The molecular formula is C22H37N5O4S. The summed E-state index contributed by atoms with van der Waals surface area (Å²) in [5.74, 6) is 0.385. The van der Waals surface area contributed by atoms with E-state index < -0.39 is 12.0 Å². The molecular weight excluding hydrogens is 430 g/mol. The van der Waals surface area contributed by atoms with Gasteiger partial charge in [-0.15, -0.1) is 0 Å². The van der Waals surface area contributed by atoms with E-state index in [-0.39, 0.29) is 36.2 Å². The molecule has 1 unspecified atom stereocenters. The van der Waals surface area contributed by atoms with Gasteiger partial charge in [0.15, 0.2) is 0 Å². The first-order valence-electron chi connectivity index (χ1n) is 11.3. The van der Waals surface area contributed by atoms with Crippen LogP contribution in [0.1, 0.15) is 45.2 Å². The Hall–Kier alpha value is -2.07. The van der Waals surface area contributed by atoms with Gasteiger partial charge in [0.25, 0.3) is 0 Å². The quantitative estimate of drug-likeness (QED) is 0.375. The summed E-state index contributed by atoms with van der Waals surface area (Å²) in [4.78, 5) is 46.7. The number of carbonyl (C=O) groups is 3. The van der Waals surface area contributed by atoms with Gasteiger partial charge in [0.1, 0.15) is 6.04 Å². The second-order valence-corrected chi connectivity index (χ2v) is 9.32. The van der Waals surface area contributed by atoms with E-state index in [0.717, 1.165) is 37.3 Å². The largest absolute Gasteiger partial charge is 0.467 e. The third-order valence-electron chi connectivity index (χ3n) is 6.09. The van der Waals surface area contributed by atoms with Gasteiger partial charge >= 0.3 is 5.97 Å². The number of hydrogen-bond donors (Lipinski definition) is 3. The minimum Gasteiger partial charge on any atom is -0.467 e. The molecule has 0 bridgehead atoms. The third kappa shape index (κ3) is 7.81. The third-order valence-corrected chi connectivity index (χ3v) is 6.74. The van der Waals surface area contributed by atoms with Crippen LogP contribution < -0.4 is 10.6 Å². The smallest absolute Gasteiger partial charge is 0.328 e. The lowest BCUT2D eigenvalue weighted by molar-refractivity contribution is -0.145. The molecule has 3 N–H and O–H groups in total. The highest BCUT2D eigenvalue weighted by Crippen LogP contribution is 2.21. The molecule has 1 fully saturated rings. The lowest BCUT2D eigenvalue weighted by Gasteiger charge is -2.32. The molecule has 1 saturated heterocycles. The molecule has 1 aromatic heterocycles. The average Bonchev–Trinajstić information content (AvgIpc) is 3.46. The molecule has 0 saturated carbocycles. The molecule has 2 heterocycles. The van der Waals surface area contributed by atoms with Crippen LogP contribution in [0.5, 0.6) is 0 Å². The van der Waals surface area contributed by atoms with Crippen molar-refractivity contribution in [2.45, 2.75) is 64.1 Å². The van der Waals surface area contributed by atoms with Gasteiger partial charge in [-0.1, -0.05) is 20.3 Å². The fourth-order valence-electron chi connectivity index (χ4n) is 3.95. The van der Waals surface area contributed by atoms with Gasteiger partial charge in [-0.25, -0.2) is 9.78 Å². The molecule has 2 amide bonds. The number of nitrogens with one attached hydrogen (secondary N) is 3. The summed E-state index contributed by atoms with van der Waals surface area (Å²) in [6.45, 7) is 5.59. The van der Waals surface area contributed by atoms with Gasteiger partial charge in [0, 0.05) is 24.5 Å². The Morgan fingerprint density at radius 3 is 2.78 bits per heavy atom. The van der Waals surface area contributed by atoms with Crippen molar-refractivity contribution in [2.24, 2.45) is 5.92 Å². The number of aromatic amines is 1. The van der Waals surface area contributed by atoms with Crippen LogP contribution in [0, 0.1) is 5.92 Å². The molecule has 32 heavy (non-hydrogen) atoms. The summed E-state index contributed by atoms with van der Waals surface area (Å²) in [6, 6.07) is -1.02. The van der Waals surface area contributed by atoms with Gasteiger partial charge in [0.2, 0.25) is 11.8 Å². The highest BCUT2D eigenvalue weighted by atomic mass is 32.2. The Bertz CT molecular complexity index is 730. The van der Waals surface area contributed by atoms with Crippen molar-refractivity contribution >= 4 is 29.5 Å². The van der Waals surface area contributed by atoms with Gasteiger partial charge in [0.05, 0.1) is 25.9 Å². The normalized spacial score (nSPS) is 19.2. The van der Waals surface area contributed by atoms with Crippen LogP contribution in [0.2, 0.25) is 0 Å². The summed E-state index contributed by atoms with van der Waals surface area (Å²) in [5, 5.41) is 6.05. The van der Waals surface area contributed by atoms with Crippen LogP contribution in [-0.4, -0.2) is 83.0 Å². The Morgan fingerprint density at radius 1 is 1.38 bits per heavy atom. The summed E-state index contributed by atoms with van der Waals surface area (Å²) in [6.07, 6.45) is 8.50. The van der Waals surface area contributed by atoms with Crippen molar-refractivity contribution in [1.82, 2.24) is 25.5 Å². The summed E-state index contributed by atoms with van der Waals surface area (Å²) in [7, 11) is 1.34. The van der Waals surface area contributed by atoms with Gasteiger partial charge in [-0.2, -0.15) is 11.8 Å². The Labute approximate surface area is 194 Å². The molecule has 0 spiro atoms. The summed E-state index contributed by atoms with van der Waals surface area (Å²) >= 11 is 1.62. The number of esters is 1. The Morgan fingerprint density at radius 2 is 2.16 bits per heavy atom. The molecule has 1 aromatic rings.